The van der Waals surface area contributed by atoms with E-state index in [0.717, 1.165) is 37.9 Å². The van der Waals surface area contributed by atoms with E-state index in [0.29, 0.717) is 5.56 Å². The van der Waals surface area contributed by atoms with Crippen molar-refractivity contribution in [2.24, 2.45) is 0 Å². The van der Waals surface area contributed by atoms with Crippen LogP contribution in [-0.2, 0) is 6.18 Å². The van der Waals surface area contributed by atoms with E-state index in [9.17, 15) is 17.6 Å². The van der Waals surface area contributed by atoms with E-state index in [2.05, 4.69) is 5.32 Å². The highest BCUT2D eigenvalue weighted by atomic mass is 19.4. The van der Waals surface area contributed by atoms with Crippen LogP contribution in [0.2, 0.25) is 0 Å². The minimum absolute atomic E-state index is 0.161. The summed E-state index contributed by atoms with van der Waals surface area (Å²) >= 11 is 0. The SMILES string of the molecule is CCCNC(CCC)c1ccc(F)c(C(F)(F)F)c1. The van der Waals surface area contributed by atoms with Crippen LogP contribution in [0.1, 0.15) is 50.3 Å². The monoisotopic (exact) mass is 277 g/mol. The van der Waals surface area contributed by atoms with Crippen molar-refractivity contribution in [3.8, 4) is 0 Å². The Balaban J connectivity index is 3.03. The Morgan fingerprint density at radius 3 is 2.37 bits per heavy atom. The number of alkyl halides is 3. The van der Waals surface area contributed by atoms with E-state index >= 15 is 0 Å². The van der Waals surface area contributed by atoms with Crippen molar-refractivity contribution in [3.63, 3.8) is 0 Å². The molecule has 0 fully saturated rings. The molecule has 1 aromatic rings. The minimum Gasteiger partial charge on any atom is -0.310 e. The van der Waals surface area contributed by atoms with E-state index in [4.69, 9.17) is 0 Å². The standard InChI is InChI=1S/C14H19F4N/c1-3-5-13(19-8-4-2)10-6-7-12(15)11(9-10)14(16,17)18/h6-7,9,13,19H,3-5,8H2,1-2H3. The van der Waals surface area contributed by atoms with Gasteiger partial charge in [-0.25, -0.2) is 4.39 Å². The molecule has 108 valence electrons. The summed E-state index contributed by atoms with van der Waals surface area (Å²) in [6, 6.07) is 3.08. The third-order valence-corrected chi connectivity index (χ3v) is 2.92. The van der Waals surface area contributed by atoms with Gasteiger partial charge in [0, 0.05) is 6.04 Å². The first-order chi connectivity index (χ1) is 8.90. The van der Waals surface area contributed by atoms with Crippen LogP contribution in [0.3, 0.4) is 0 Å². The first kappa shape index (κ1) is 16.0. The third kappa shape index (κ3) is 4.49. The van der Waals surface area contributed by atoms with Gasteiger partial charge in [0.15, 0.2) is 0 Å². The topological polar surface area (TPSA) is 12.0 Å². The number of rotatable bonds is 6. The number of hydrogen-bond donors (Lipinski definition) is 1. The third-order valence-electron chi connectivity index (χ3n) is 2.92. The van der Waals surface area contributed by atoms with Crippen molar-refractivity contribution >= 4 is 0 Å². The molecule has 0 saturated heterocycles. The molecule has 0 aromatic heterocycles. The molecule has 1 N–H and O–H groups in total. The van der Waals surface area contributed by atoms with Gasteiger partial charge in [-0.1, -0.05) is 26.3 Å². The molecular weight excluding hydrogens is 258 g/mol. The Bertz CT molecular complexity index is 401. The van der Waals surface area contributed by atoms with Gasteiger partial charge in [0.05, 0.1) is 5.56 Å². The molecule has 1 unspecified atom stereocenters. The van der Waals surface area contributed by atoms with Crippen LogP contribution in [0.15, 0.2) is 18.2 Å². The van der Waals surface area contributed by atoms with Crippen molar-refractivity contribution < 1.29 is 17.6 Å². The Labute approximate surface area is 111 Å². The molecule has 0 aliphatic rings. The summed E-state index contributed by atoms with van der Waals surface area (Å²) in [4.78, 5) is 0. The Kier molecular flexibility index (Phi) is 5.79. The van der Waals surface area contributed by atoms with Gasteiger partial charge >= 0.3 is 6.18 Å². The van der Waals surface area contributed by atoms with Gasteiger partial charge in [0.1, 0.15) is 5.82 Å². The molecule has 19 heavy (non-hydrogen) atoms. The fourth-order valence-electron chi connectivity index (χ4n) is 1.97. The molecule has 0 aliphatic heterocycles. The first-order valence-corrected chi connectivity index (χ1v) is 6.50. The van der Waals surface area contributed by atoms with Crippen LogP contribution in [-0.4, -0.2) is 6.54 Å². The second-order valence-corrected chi connectivity index (χ2v) is 4.53. The second kappa shape index (κ2) is 6.89. The quantitative estimate of drug-likeness (QED) is 0.744. The van der Waals surface area contributed by atoms with Crippen molar-refractivity contribution in [2.75, 3.05) is 6.54 Å². The lowest BCUT2D eigenvalue weighted by molar-refractivity contribution is -0.140. The molecule has 0 heterocycles. The number of nitrogens with one attached hydrogen (secondary N) is 1. The van der Waals surface area contributed by atoms with Crippen LogP contribution in [0.5, 0.6) is 0 Å². The average molecular weight is 277 g/mol. The summed E-state index contributed by atoms with van der Waals surface area (Å²) in [6.07, 6.45) is -2.18. The summed E-state index contributed by atoms with van der Waals surface area (Å²) in [5.74, 6) is -1.22. The molecule has 0 aliphatic carbocycles. The lowest BCUT2D eigenvalue weighted by Gasteiger charge is -2.20. The molecule has 1 aromatic carbocycles. The van der Waals surface area contributed by atoms with E-state index in [1.807, 2.05) is 13.8 Å². The second-order valence-electron chi connectivity index (χ2n) is 4.53. The molecule has 1 rings (SSSR count). The molecule has 1 nitrogen and oxygen atoms in total. The van der Waals surface area contributed by atoms with Gasteiger partial charge in [-0.05, 0) is 37.1 Å². The van der Waals surface area contributed by atoms with Crippen molar-refractivity contribution in [1.82, 2.24) is 5.32 Å². The van der Waals surface area contributed by atoms with E-state index < -0.39 is 17.6 Å². The maximum absolute atomic E-state index is 13.2. The Hall–Kier alpha value is -1.10. The summed E-state index contributed by atoms with van der Waals surface area (Å²) in [7, 11) is 0. The smallest absolute Gasteiger partial charge is 0.310 e. The van der Waals surface area contributed by atoms with Crippen molar-refractivity contribution in [2.45, 2.75) is 45.3 Å². The zero-order valence-electron chi connectivity index (χ0n) is 11.1. The van der Waals surface area contributed by atoms with Crippen LogP contribution in [0, 0.1) is 5.82 Å². The maximum Gasteiger partial charge on any atom is 0.419 e. The number of benzene rings is 1. The van der Waals surface area contributed by atoms with E-state index in [-0.39, 0.29) is 6.04 Å². The predicted octanol–water partition coefficient (Wildman–Crippen LogP) is 4.69. The van der Waals surface area contributed by atoms with Gasteiger partial charge < -0.3 is 5.32 Å². The lowest BCUT2D eigenvalue weighted by Crippen LogP contribution is -2.22. The van der Waals surface area contributed by atoms with Crippen LogP contribution in [0.25, 0.3) is 0 Å². The fraction of sp³-hybridized carbons (Fsp3) is 0.571. The molecule has 0 saturated carbocycles. The van der Waals surface area contributed by atoms with Crippen molar-refractivity contribution in [1.29, 1.82) is 0 Å². The predicted molar refractivity (Wildman–Crippen MR) is 67.3 cm³/mol. The summed E-state index contributed by atoms with van der Waals surface area (Å²) < 4.78 is 51.2. The summed E-state index contributed by atoms with van der Waals surface area (Å²) in [5, 5.41) is 3.19. The minimum atomic E-state index is -4.65. The van der Waals surface area contributed by atoms with Gasteiger partial charge in [0.25, 0.3) is 0 Å². The highest BCUT2D eigenvalue weighted by Gasteiger charge is 2.34. The molecular formula is C14H19F4N. The highest BCUT2D eigenvalue weighted by Crippen LogP contribution is 2.33. The number of hydrogen-bond acceptors (Lipinski definition) is 1. The van der Waals surface area contributed by atoms with Crippen LogP contribution < -0.4 is 5.32 Å². The molecule has 0 amide bonds. The first-order valence-electron chi connectivity index (χ1n) is 6.50. The molecule has 0 bridgehead atoms. The Morgan fingerprint density at radius 1 is 1.16 bits per heavy atom. The van der Waals surface area contributed by atoms with Gasteiger partial charge in [-0.3, -0.25) is 0 Å². The van der Waals surface area contributed by atoms with E-state index in [1.54, 1.807) is 0 Å². The molecule has 0 spiro atoms. The maximum atomic E-state index is 13.2. The molecule has 1 atom stereocenters. The lowest BCUT2D eigenvalue weighted by atomic mass is 9.99. The Morgan fingerprint density at radius 2 is 1.84 bits per heavy atom. The molecule has 0 radical (unpaired) electrons. The summed E-state index contributed by atoms with van der Waals surface area (Å²) in [5.41, 5.74) is -0.701. The molecule has 5 heteroatoms. The largest absolute Gasteiger partial charge is 0.419 e. The average Bonchev–Trinajstić information content (AvgIpc) is 2.34. The van der Waals surface area contributed by atoms with Crippen LogP contribution >= 0.6 is 0 Å². The zero-order valence-corrected chi connectivity index (χ0v) is 11.1. The fourth-order valence-corrected chi connectivity index (χ4v) is 1.97. The van der Waals surface area contributed by atoms with Gasteiger partial charge in [0.2, 0.25) is 0 Å². The van der Waals surface area contributed by atoms with Gasteiger partial charge in [-0.15, -0.1) is 0 Å². The zero-order chi connectivity index (χ0) is 14.5. The number of halogens is 4. The van der Waals surface area contributed by atoms with Crippen molar-refractivity contribution in [3.05, 3.63) is 35.1 Å². The normalized spacial score (nSPS) is 13.6. The summed E-state index contributed by atoms with van der Waals surface area (Å²) in [6.45, 7) is 4.68. The van der Waals surface area contributed by atoms with Crippen LogP contribution in [0.4, 0.5) is 17.6 Å². The van der Waals surface area contributed by atoms with E-state index in [1.165, 1.54) is 6.07 Å². The van der Waals surface area contributed by atoms with Gasteiger partial charge in [-0.2, -0.15) is 13.2 Å². The highest BCUT2D eigenvalue weighted by molar-refractivity contribution is 5.29.